The number of esters is 1. The molecule has 18 heavy (non-hydrogen) atoms. The lowest BCUT2D eigenvalue weighted by Crippen LogP contribution is -2.04. The molecule has 3 N–H and O–H groups in total. The first-order chi connectivity index (χ1) is 8.70. The number of nitrogens with zero attached hydrogens (tertiary/aromatic N) is 2. The molecule has 0 radical (unpaired) electrons. The van der Waals surface area contributed by atoms with E-state index in [0.29, 0.717) is 22.6 Å². The summed E-state index contributed by atoms with van der Waals surface area (Å²) in [6.07, 6.45) is 4.65. The van der Waals surface area contributed by atoms with E-state index in [1.807, 2.05) is 0 Å². The van der Waals surface area contributed by atoms with E-state index < -0.39 is 5.97 Å². The van der Waals surface area contributed by atoms with Crippen molar-refractivity contribution in [2.45, 2.75) is 0 Å². The minimum atomic E-state index is -0.414. The van der Waals surface area contributed by atoms with Gasteiger partial charge in [-0.2, -0.15) is 0 Å². The van der Waals surface area contributed by atoms with Gasteiger partial charge in [-0.3, -0.25) is 0 Å². The van der Waals surface area contributed by atoms with E-state index in [-0.39, 0.29) is 0 Å². The topological polar surface area (TPSA) is 90.1 Å². The Morgan fingerprint density at radius 3 is 2.72 bits per heavy atom. The highest BCUT2D eigenvalue weighted by Crippen LogP contribution is 2.23. The third-order valence-electron chi connectivity index (χ3n) is 2.31. The number of carbonyl (C=O) groups excluding carboxylic acids is 1. The van der Waals surface area contributed by atoms with Crippen LogP contribution in [0.4, 0.5) is 17.1 Å². The molecular weight excluding hydrogens is 232 g/mol. The number of nitrogens with one attached hydrogen (secondary N) is 1. The summed E-state index contributed by atoms with van der Waals surface area (Å²) in [6, 6.07) is 4.86. The number of nitrogens with two attached hydrogens (primary N) is 1. The van der Waals surface area contributed by atoms with E-state index in [2.05, 4.69) is 20.0 Å². The van der Waals surface area contributed by atoms with Crippen molar-refractivity contribution in [3.05, 3.63) is 42.5 Å². The fraction of sp³-hybridized carbons (Fsp3) is 0.0833. The van der Waals surface area contributed by atoms with Crippen LogP contribution in [-0.2, 0) is 4.74 Å². The maximum atomic E-state index is 11.4. The number of rotatable bonds is 3. The third-order valence-corrected chi connectivity index (χ3v) is 2.31. The summed E-state index contributed by atoms with van der Waals surface area (Å²) in [5, 5.41) is 3.03. The first-order valence-corrected chi connectivity index (χ1v) is 5.20. The van der Waals surface area contributed by atoms with Crippen LogP contribution < -0.4 is 11.1 Å². The number of anilines is 3. The van der Waals surface area contributed by atoms with Crippen molar-refractivity contribution in [1.29, 1.82) is 0 Å². The Morgan fingerprint density at radius 2 is 2.06 bits per heavy atom. The molecule has 1 aromatic carbocycles. The lowest BCUT2D eigenvalue weighted by Gasteiger charge is -2.09. The molecule has 0 bridgehead atoms. The van der Waals surface area contributed by atoms with Crippen LogP contribution in [0.2, 0.25) is 0 Å². The first-order valence-electron chi connectivity index (χ1n) is 5.20. The molecule has 0 spiro atoms. The molecule has 0 atom stereocenters. The molecule has 0 aliphatic rings. The number of ether oxygens (including phenoxy) is 1. The zero-order valence-corrected chi connectivity index (χ0v) is 9.75. The highest BCUT2D eigenvalue weighted by Gasteiger charge is 2.08. The monoisotopic (exact) mass is 244 g/mol. The maximum Gasteiger partial charge on any atom is 0.337 e. The summed E-state index contributed by atoms with van der Waals surface area (Å²) >= 11 is 0. The van der Waals surface area contributed by atoms with Crippen LogP contribution in [-0.4, -0.2) is 23.0 Å². The second kappa shape index (κ2) is 5.13. The van der Waals surface area contributed by atoms with Gasteiger partial charge in [0.05, 0.1) is 42.1 Å². The van der Waals surface area contributed by atoms with Gasteiger partial charge < -0.3 is 15.8 Å². The van der Waals surface area contributed by atoms with Gasteiger partial charge in [0.15, 0.2) is 0 Å². The fourth-order valence-electron chi connectivity index (χ4n) is 1.43. The van der Waals surface area contributed by atoms with Crippen molar-refractivity contribution in [2.75, 3.05) is 18.2 Å². The normalized spacial score (nSPS) is 9.83. The van der Waals surface area contributed by atoms with E-state index in [1.165, 1.54) is 13.4 Å². The highest BCUT2D eigenvalue weighted by molar-refractivity contribution is 5.92. The number of aromatic nitrogens is 2. The molecule has 0 saturated carbocycles. The number of methoxy groups -OCH3 is 1. The molecule has 6 nitrogen and oxygen atoms in total. The number of hydrogen-bond donors (Lipinski definition) is 2. The quantitative estimate of drug-likeness (QED) is 0.629. The predicted molar refractivity (Wildman–Crippen MR) is 67.5 cm³/mol. The van der Waals surface area contributed by atoms with E-state index in [9.17, 15) is 4.79 Å². The van der Waals surface area contributed by atoms with Crippen molar-refractivity contribution in [2.24, 2.45) is 0 Å². The standard InChI is InChI=1S/C12H12N4O2/c1-18-12(17)8-2-3-10(13)11(4-8)16-9-5-14-7-15-6-9/h2-7,16H,13H2,1H3. The number of nitrogen functional groups attached to an aromatic ring is 1. The lowest BCUT2D eigenvalue weighted by molar-refractivity contribution is 0.0601. The Labute approximate surface area is 104 Å². The van der Waals surface area contributed by atoms with Gasteiger partial charge in [-0.25, -0.2) is 14.8 Å². The van der Waals surface area contributed by atoms with Crippen LogP contribution in [0.3, 0.4) is 0 Å². The lowest BCUT2D eigenvalue weighted by atomic mass is 10.1. The zero-order valence-electron chi connectivity index (χ0n) is 9.75. The third kappa shape index (κ3) is 2.54. The Balaban J connectivity index is 2.30. The molecule has 2 aromatic rings. The highest BCUT2D eigenvalue weighted by atomic mass is 16.5. The minimum absolute atomic E-state index is 0.414. The molecule has 0 fully saturated rings. The Morgan fingerprint density at radius 1 is 1.33 bits per heavy atom. The van der Waals surface area contributed by atoms with E-state index in [0.717, 1.165) is 0 Å². The van der Waals surface area contributed by atoms with Crippen LogP contribution >= 0.6 is 0 Å². The smallest absolute Gasteiger partial charge is 0.337 e. The van der Waals surface area contributed by atoms with Gasteiger partial charge in [0.25, 0.3) is 0 Å². The number of hydrogen-bond acceptors (Lipinski definition) is 6. The summed E-state index contributed by atoms with van der Waals surface area (Å²) in [5.74, 6) is -0.414. The Hall–Kier alpha value is -2.63. The Kier molecular flexibility index (Phi) is 3.38. The van der Waals surface area contributed by atoms with E-state index in [4.69, 9.17) is 5.73 Å². The summed E-state index contributed by atoms with van der Waals surface area (Å²) in [5.41, 5.74) is 8.06. The Bertz CT molecular complexity index is 557. The van der Waals surface area contributed by atoms with Crippen molar-refractivity contribution in [3.63, 3.8) is 0 Å². The average Bonchev–Trinajstić information content (AvgIpc) is 2.41. The summed E-state index contributed by atoms with van der Waals surface area (Å²) in [6.45, 7) is 0. The summed E-state index contributed by atoms with van der Waals surface area (Å²) in [4.78, 5) is 19.2. The largest absolute Gasteiger partial charge is 0.465 e. The van der Waals surface area contributed by atoms with Crippen molar-refractivity contribution in [1.82, 2.24) is 9.97 Å². The second-order valence-corrected chi connectivity index (χ2v) is 3.55. The molecule has 0 unspecified atom stereocenters. The van der Waals surface area contributed by atoms with Crippen LogP contribution in [0, 0.1) is 0 Å². The summed E-state index contributed by atoms with van der Waals surface area (Å²) in [7, 11) is 1.33. The predicted octanol–water partition coefficient (Wildman–Crippen LogP) is 1.59. The molecule has 0 aliphatic heterocycles. The fourth-order valence-corrected chi connectivity index (χ4v) is 1.43. The molecule has 92 valence electrons. The van der Waals surface area contributed by atoms with Crippen LogP contribution in [0.25, 0.3) is 0 Å². The molecule has 0 aliphatic carbocycles. The maximum absolute atomic E-state index is 11.4. The van der Waals surface area contributed by atoms with Crippen LogP contribution in [0.1, 0.15) is 10.4 Å². The van der Waals surface area contributed by atoms with Crippen molar-refractivity contribution < 1.29 is 9.53 Å². The van der Waals surface area contributed by atoms with E-state index in [1.54, 1.807) is 30.6 Å². The second-order valence-electron chi connectivity index (χ2n) is 3.55. The van der Waals surface area contributed by atoms with Gasteiger partial charge >= 0.3 is 5.97 Å². The first kappa shape index (κ1) is 11.8. The molecular formula is C12H12N4O2. The van der Waals surface area contributed by atoms with Gasteiger partial charge in [0, 0.05) is 0 Å². The van der Waals surface area contributed by atoms with E-state index >= 15 is 0 Å². The minimum Gasteiger partial charge on any atom is -0.465 e. The average molecular weight is 244 g/mol. The molecule has 0 saturated heterocycles. The zero-order chi connectivity index (χ0) is 13.0. The number of benzene rings is 1. The van der Waals surface area contributed by atoms with Crippen LogP contribution in [0.15, 0.2) is 36.9 Å². The van der Waals surface area contributed by atoms with Gasteiger partial charge in [-0.1, -0.05) is 0 Å². The SMILES string of the molecule is COC(=O)c1ccc(N)c(Nc2cncnc2)c1. The summed E-state index contributed by atoms with van der Waals surface area (Å²) < 4.78 is 4.65. The van der Waals surface area contributed by atoms with Gasteiger partial charge in [0.2, 0.25) is 0 Å². The molecule has 6 heteroatoms. The van der Waals surface area contributed by atoms with Gasteiger partial charge in [-0.05, 0) is 18.2 Å². The molecule has 1 heterocycles. The van der Waals surface area contributed by atoms with Crippen molar-refractivity contribution in [3.8, 4) is 0 Å². The van der Waals surface area contributed by atoms with Gasteiger partial charge in [0.1, 0.15) is 6.33 Å². The number of carbonyl (C=O) groups is 1. The molecule has 0 amide bonds. The van der Waals surface area contributed by atoms with Crippen molar-refractivity contribution >= 4 is 23.0 Å². The van der Waals surface area contributed by atoms with Gasteiger partial charge in [-0.15, -0.1) is 0 Å². The molecule has 1 aromatic heterocycles. The van der Waals surface area contributed by atoms with Crippen LogP contribution in [0.5, 0.6) is 0 Å². The molecule has 2 rings (SSSR count).